The standard InChI is InChI=1S/C15H19NOS/c1-12-7-9-18-15(12)11-16-8-6-13-4-3-5-14(10-13)17-2/h3-5,7,9-10,16H,6,8,11H2,1-2H3. The Morgan fingerprint density at radius 1 is 1.28 bits per heavy atom. The first-order chi connectivity index (χ1) is 8.79. The number of hydrogen-bond acceptors (Lipinski definition) is 3. The molecule has 0 saturated heterocycles. The highest BCUT2D eigenvalue weighted by molar-refractivity contribution is 7.10. The summed E-state index contributed by atoms with van der Waals surface area (Å²) >= 11 is 1.82. The van der Waals surface area contributed by atoms with E-state index in [-0.39, 0.29) is 0 Å². The molecule has 0 atom stereocenters. The summed E-state index contributed by atoms with van der Waals surface area (Å²) in [6.45, 7) is 4.12. The maximum atomic E-state index is 5.22. The molecule has 1 aromatic heterocycles. The lowest BCUT2D eigenvalue weighted by atomic mass is 10.1. The van der Waals surface area contributed by atoms with Gasteiger partial charge in [0.15, 0.2) is 0 Å². The third-order valence-corrected chi connectivity index (χ3v) is 4.00. The Balaban J connectivity index is 1.76. The lowest BCUT2D eigenvalue weighted by molar-refractivity contribution is 0.414. The maximum Gasteiger partial charge on any atom is 0.119 e. The van der Waals surface area contributed by atoms with Crippen LogP contribution < -0.4 is 10.1 Å². The van der Waals surface area contributed by atoms with Crippen LogP contribution in [-0.2, 0) is 13.0 Å². The van der Waals surface area contributed by atoms with Crippen LogP contribution in [0.5, 0.6) is 5.75 Å². The van der Waals surface area contributed by atoms with Crippen LogP contribution >= 0.6 is 11.3 Å². The molecule has 18 heavy (non-hydrogen) atoms. The molecular formula is C15H19NOS. The highest BCUT2D eigenvalue weighted by Crippen LogP contribution is 2.15. The molecule has 96 valence electrons. The Labute approximate surface area is 113 Å². The zero-order chi connectivity index (χ0) is 12.8. The SMILES string of the molecule is COc1cccc(CCNCc2sccc2C)c1. The minimum atomic E-state index is 0.932. The summed E-state index contributed by atoms with van der Waals surface area (Å²) in [6.07, 6.45) is 1.03. The summed E-state index contributed by atoms with van der Waals surface area (Å²) in [5.74, 6) is 0.932. The third kappa shape index (κ3) is 3.59. The van der Waals surface area contributed by atoms with Gasteiger partial charge in [0.05, 0.1) is 7.11 Å². The largest absolute Gasteiger partial charge is 0.497 e. The van der Waals surface area contributed by atoms with Gasteiger partial charge in [0.25, 0.3) is 0 Å². The predicted molar refractivity (Wildman–Crippen MR) is 77.5 cm³/mol. The van der Waals surface area contributed by atoms with E-state index in [1.54, 1.807) is 7.11 Å². The Bertz CT molecular complexity index is 493. The molecule has 0 saturated carbocycles. The van der Waals surface area contributed by atoms with Gasteiger partial charge in [-0.05, 0) is 54.6 Å². The van der Waals surface area contributed by atoms with E-state index in [1.165, 1.54) is 16.0 Å². The van der Waals surface area contributed by atoms with Crippen molar-refractivity contribution in [2.24, 2.45) is 0 Å². The highest BCUT2D eigenvalue weighted by Gasteiger charge is 1.99. The van der Waals surface area contributed by atoms with Crippen LogP contribution in [0.4, 0.5) is 0 Å². The summed E-state index contributed by atoms with van der Waals surface area (Å²) in [7, 11) is 1.71. The second-order valence-corrected chi connectivity index (χ2v) is 5.31. The fraction of sp³-hybridized carbons (Fsp3) is 0.333. The second-order valence-electron chi connectivity index (χ2n) is 4.31. The number of nitrogens with one attached hydrogen (secondary N) is 1. The van der Waals surface area contributed by atoms with Crippen molar-refractivity contribution in [1.82, 2.24) is 5.32 Å². The number of methoxy groups -OCH3 is 1. The third-order valence-electron chi connectivity index (χ3n) is 2.98. The fourth-order valence-corrected chi connectivity index (χ4v) is 2.72. The topological polar surface area (TPSA) is 21.3 Å². The van der Waals surface area contributed by atoms with Crippen molar-refractivity contribution in [3.63, 3.8) is 0 Å². The van der Waals surface area contributed by atoms with Gasteiger partial charge in [-0.2, -0.15) is 0 Å². The average Bonchev–Trinajstić information content (AvgIpc) is 2.81. The van der Waals surface area contributed by atoms with Gasteiger partial charge in [0.1, 0.15) is 5.75 Å². The van der Waals surface area contributed by atoms with Crippen molar-refractivity contribution in [2.45, 2.75) is 19.9 Å². The molecule has 3 heteroatoms. The summed E-state index contributed by atoms with van der Waals surface area (Å²) in [4.78, 5) is 1.43. The van der Waals surface area contributed by atoms with Crippen LogP contribution in [-0.4, -0.2) is 13.7 Å². The number of hydrogen-bond donors (Lipinski definition) is 1. The lowest BCUT2D eigenvalue weighted by Crippen LogP contribution is -2.16. The van der Waals surface area contributed by atoms with Gasteiger partial charge in [-0.1, -0.05) is 12.1 Å². The fourth-order valence-electron chi connectivity index (χ4n) is 1.85. The smallest absolute Gasteiger partial charge is 0.119 e. The van der Waals surface area contributed by atoms with Crippen molar-refractivity contribution in [3.05, 3.63) is 51.7 Å². The molecule has 0 radical (unpaired) electrons. The van der Waals surface area contributed by atoms with Crippen LogP contribution in [0.3, 0.4) is 0 Å². The van der Waals surface area contributed by atoms with Crippen LogP contribution in [0.25, 0.3) is 0 Å². The van der Waals surface area contributed by atoms with E-state index in [1.807, 2.05) is 23.5 Å². The molecule has 0 aliphatic heterocycles. The molecule has 2 aromatic rings. The molecule has 1 N–H and O–H groups in total. The number of thiophene rings is 1. The van der Waals surface area contributed by atoms with Gasteiger partial charge >= 0.3 is 0 Å². The monoisotopic (exact) mass is 261 g/mol. The number of aryl methyl sites for hydroxylation is 1. The van der Waals surface area contributed by atoms with Crippen molar-refractivity contribution in [3.8, 4) is 5.75 Å². The van der Waals surface area contributed by atoms with E-state index in [9.17, 15) is 0 Å². The number of ether oxygens (including phenoxy) is 1. The Morgan fingerprint density at radius 3 is 2.89 bits per heavy atom. The Morgan fingerprint density at radius 2 is 2.17 bits per heavy atom. The number of benzene rings is 1. The predicted octanol–water partition coefficient (Wildman–Crippen LogP) is 3.40. The van der Waals surface area contributed by atoms with Gasteiger partial charge in [-0.15, -0.1) is 11.3 Å². The molecule has 0 fully saturated rings. The van der Waals surface area contributed by atoms with E-state index in [4.69, 9.17) is 4.74 Å². The first kappa shape index (κ1) is 13.1. The lowest BCUT2D eigenvalue weighted by Gasteiger charge is -2.06. The van der Waals surface area contributed by atoms with Crippen molar-refractivity contribution in [2.75, 3.05) is 13.7 Å². The Hall–Kier alpha value is -1.32. The van der Waals surface area contributed by atoms with Gasteiger partial charge < -0.3 is 10.1 Å². The molecule has 0 spiro atoms. The van der Waals surface area contributed by atoms with Crippen LogP contribution in [0.1, 0.15) is 16.0 Å². The first-order valence-corrected chi connectivity index (χ1v) is 7.04. The quantitative estimate of drug-likeness (QED) is 0.805. The molecule has 0 aliphatic rings. The van der Waals surface area contributed by atoms with E-state index in [0.717, 1.165) is 25.3 Å². The van der Waals surface area contributed by atoms with E-state index in [2.05, 4.69) is 35.8 Å². The summed E-state index contributed by atoms with van der Waals surface area (Å²) in [5.41, 5.74) is 2.69. The van der Waals surface area contributed by atoms with E-state index >= 15 is 0 Å². The molecule has 0 unspecified atom stereocenters. The zero-order valence-electron chi connectivity index (χ0n) is 10.9. The molecule has 0 aliphatic carbocycles. The van der Waals surface area contributed by atoms with Crippen LogP contribution in [0, 0.1) is 6.92 Å². The minimum absolute atomic E-state index is 0.932. The maximum absolute atomic E-state index is 5.22. The molecule has 1 aromatic carbocycles. The van der Waals surface area contributed by atoms with E-state index < -0.39 is 0 Å². The highest BCUT2D eigenvalue weighted by atomic mass is 32.1. The number of rotatable bonds is 6. The van der Waals surface area contributed by atoms with E-state index in [0.29, 0.717) is 0 Å². The molecule has 2 rings (SSSR count). The summed E-state index contributed by atoms with van der Waals surface area (Å²) in [5, 5.41) is 5.63. The Kier molecular flexibility index (Phi) is 4.79. The minimum Gasteiger partial charge on any atom is -0.497 e. The van der Waals surface area contributed by atoms with Crippen molar-refractivity contribution < 1.29 is 4.74 Å². The van der Waals surface area contributed by atoms with Gasteiger partial charge in [0, 0.05) is 11.4 Å². The van der Waals surface area contributed by atoms with Gasteiger partial charge in [0.2, 0.25) is 0 Å². The van der Waals surface area contributed by atoms with Crippen LogP contribution in [0.15, 0.2) is 35.7 Å². The zero-order valence-corrected chi connectivity index (χ0v) is 11.7. The second kappa shape index (κ2) is 6.57. The molecular weight excluding hydrogens is 242 g/mol. The van der Waals surface area contributed by atoms with Crippen LogP contribution in [0.2, 0.25) is 0 Å². The molecule has 0 bridgehead atoms. The average molecular weight is 261 g/mol. The summed E-state index contributed by atoms with van der Waals surface area (Å²) in [6, 6.07) is 10.4. The summed E-state index contributed by atoms with van der Waals surface area (Å²) < 4.78 is 5.22. The van der Waals surface area contributed by atoms with Crippen molar-refractivity contribution in [1.29, 1.82) is 0 Å². The molecule has 2 nitrogen and oxygen atoms in total. The van der Waals surface area contributed by atoms with Crippen molar-refractivity contribution >= 4 is 11.3 Å². The van der Waals surface area contributed by atoms with Gasteiger partial charge in [-0.25, -0.2) is 0 Å². The molecule has 1 heterocycles. The normalized spacial score (nSPS) is 10.6. The molecule has 0 amide bonds. The first-order valence-electron chi connectivity index (χ1n) is 6.16. The van der Waals surface area contributed by atoms with Gasteiger partial charge in [-0.3, -0.25) is 0 Å².